The van der Waals surface area contributed by atoms with Crippen LogP contribution in [0.4, 0.5) is 5.95 Å². The Morgan fingerprint density at radius 3 is 2.39 bits per heavy atom. The van der Waals surface area contributed by atoms with Crippen molar-refractivity contribution in [2.24, 2.45) is 11.8 Å². The largest absolute Gasteiger partial charge is 0.467 e. The van der Waals surface area contributed by atoms with Crippen LogP contribution in [-0.4, -0.2) is 28.1 Å². The average Bonchev–Trinajstić information content (AvgIpc) is 2.26. The Kier molecular flexibility index (Phi) is 4.22. The van der Waals surface area contributed by atoms with Crippen LogP contribution in [0.1, 0.15) is 33.1 Å². The number of methoxy groups -OCH3 is 1. The molecule has 1 heterocycles. The highest BCUT2D eigenvalue weighted by molar-refractivity contribution is 6.28. The number of nitrogens with zero attached hydrogens (tertiary/aromatic N) is 3. The van der Waals surface area contributed by atoms with Gasteiger partial charge in [-0.25, -0.2) is 0 Å². The predicted octanol–water partition coefficient (Wildman–Crippen LogP) is 2.77. The zero-order chi connectivity index (χ0) is 13.1. The normalized spacial score (nSPS) is 27.9. The summed E-state index contributed by atoms with van der Waals surface area (Å²) in [4.78, 5) is 12.1. The fraction of sp³-hybridized carbons (Fsp3) is 0.750. The first-order valence-corrected chi connectivity index (χ1v) is 6.66. The molecule has 0 amide bonds. The summed E-state index contributed by atoms with van der Waals surface area (Å²) in [7, 11) is 1.51. The summed E-state index contributed by atoms with van der Waals surface area (Å²) >= 11 is 5.82. The highest BCUT2D eigenvalue weighted by atomic mass is 35.5. The van der Waals surface area contributed by atoms with Crippen LogP contribution < -0.4 is 10.1 Å². The minimum atomic E-state index is 0.154. The van der Waals surface area contributed by atoms with Gasteiger partial charge in [0.2, 0.25) is 11.2 Å². The molecule has 1 saturated carbocycles. The summed E-state index contributed by atoms with van der Waals surface area (Å²) in [6.45, 7) is 4.57. The molecule has 1 fully saturated rings. The number of anilines is 1. The third-order valence-electron chi connectivity index (χ3n) is 3.28. The highest BCUT2D eigenvalue weighted by Gasteiger charge is 2.24. The minimum absolute atomic E-state index is 0.154. The average molecular weight is 271 g/mol. The van der Waals surface area contributed by atoms with Gasteiger partial charge in [0.25, 0.3) is 0 Å². The first-order valence-electron chi connectivity index (χ1n) is 6.29. The van der Waals surface area contributed by atoms with Gasteiger partial charge in [0.05, 0.1) is 7.11 Å². The van der Waals surface area contributed by atoms with E-state index in [0.717, 1.165) is 24.7 Å². The molecule has 2 rings (SSSR count). The molecule has 0 aliphatic heterocycles. The monoisotopic (exact) mass is 270 g/mol. The van der Waals surface area contributed by atoms with Crippen molar-refractivity contribution >= 4 is 17.5 Å². The standard InChI is InChI=1S/C12H19ClN4O/c1-7-4-8(2)6-9(5-7)14-11-15-10(13)16-12(17-11)18-3/h7-9H,4-6H2,1-3H3,(H,14,15,16,17). The third-order valence-corrected chi connectivity index (χ3v) is 3.45. The molecule has 0 spiro atoms. The van der Waals surface area contributed by atoms with Crippen molar-refractivity contribution in [3.8, 4) is 6.01 Å². The Morgan fingerprint density at radius 1 is 1.11 bits per heavy atom. The number of nitrogens with one attached hydrogen (secondary N) is 1. The first-order chi connectivity index (χ1) is 8.56. The van der Waals surface area contributed by atoms with Crippen molar-refractivity contribution in [1.82, 2.24) is 15.0 Å². The summed E-state index contributed by atoms with van der Waals surface area (Å²) in [5.41, 5.74) is 0. The van der Waals surface area contributed by atoms with E-state index in [0.29, 0.717) is 12.0 Å². The summed E-state index contributed by atoms with van der Waals surface area (Å²) < 4.78 is 4.98. The number of aromatic nitrogens is 3. The lowest BCUT2D eigenvalue weighted by atomic mass is 9.80. The fourth-order valence-electron chi connectivity index (χ4n) is 2.74. The molecule has 1 aliphatic rings. The van der Waals surface area contributed by atoms with E-state index < -0.39 is 0 Å². The number of halogens is 1. The van der Waals surface area contributed by atoms with Gasteiger partial charge in [-0.05, 0) is 42.7 Å². The van der Waals surface area contributed by atoms with Crippen LogP contribution in [0, 0.1) is 11.8 Å². The van der Waals surface area contributed by atoms with Crippen LogP contribution in [0.15, 0.2) is 0 Å². The molecule has 2 unspecified atom stereocenters. The third kappa shape index (κ3) is 3.45. The van der Waals surface area contributed by atoms with Crippen LogP contribution in [0.2, 0.25) is 5.28 Å². The quantitative estimate of drug-likeness (QED) is 0.915. The van der Waals surface area contributed by atoms with E-state index in [9.17, 15) is 0 Å². The summed E-state index contributed by atoms with van der Waals surface area (Å²) in [6.07, 6.45) is 3.56. The van der Waals surface area contributed by atoms with E-state index in [1.165, 1.54) is 13.5 Å². The van der Waals surface area contributed by atoms with Gasteiger partial charge in [0, 0.05) is 6.04 Å². The molecule has 6 heteroatoms. The second-order valence-corrected chi connectivity index (χ2v) is 5.51. The summed E-state index contributed by atoms with van der Waals surface area (Å²) in [5, 5.41) is 3.48. The molecular weight excluding hydrogens is 252 g/mol. The second kappa shape index (κ2) is 5.69. The van der Waals surface area contributed by atoms with E-state index >= 15 is 0 Å². The second-order valence-electron chi connectivity index (χ2n) is 5.17. The van der Waals surface area contributed by atoms with Crippen molar-refractivity contribution < 1.29 is 4.74 Å². The van der Waals surface area contributed by atoms with E-state index in [-0.39, 0.29) is 11.3 Å². The van der Waals surface area contributed by atoms with Gasteiger partial charge in [-0.2, -0.15) is 15.0 Å². The van der Waals surface area contributed by atoms with E-state index in [2.05, 4.69) is 34.1 Å². The topological polar surface area (TPSA) is 59.9 Å². The van der Waals surface area contributed by atoms with Crippen molar-refractivity contribution in [1.29, 1.82) is 0 Å². The summed E-state index contributed by atoms with van der Waals surface area (Å²) in [6, 6.07) is 0.640. The zero-order valence-electron chi connectivity index (χ0n) is 11.0. The lowest BCUT2D eigenvalue weighted by molar-refractivity contribution is 0.280. The Labute approximate surface area is 112 Å². The molecule has 1 aliphatic carbocycles. The van der Waals surface area contributed by atoms with Crippen LogP contribution in [0.5, 0.6) is 6.01 Å². The lowest BCUT2D eigenvalue weighted by Crippen LogP contribution is -2.31. The fourth-order valence-corrected chi connectivity index (χ4v) is 2.89. The van der Waals surface area contributed by atoms with E-state index in [1.807, 2.05) is 0 Å². The van der Waals surface area contributed by atoms with E-state index in [1.54, 1.807) is 0 Å². The Balaban J connectivity index is 2.06. The Hall–Kier alpha value is -1.10. The maximum absolute atomic E-state index is 5.82. The molecule has 2 atom stereocenters. The van der Waals surface area contributed by atoms with Crippen LogP contribution in [0.25, 0.3) is 0 Å². The molecule has 0 saturated heterocycles. The highest BCUT2D eigenvalue weighted by Crippen LogP contribution is 2.30. The van der Waals surface area contributed by atoms with Crippen molar-refractivity contribution in [2.75, 3.05) is 12.4 Å². The number of hydrogen-bond acceptors (Lipinski definition) is 5. The van der Waals surface area contributed by atoms with Crippen LogP contribution in [0.3, 0.4) is 0 Å². The van der Waals surface area contributed by atoms with Gasteiger partial charge in [-0.1, -0.05) is 13.8 Å². The first kappa shape index (κ1) is 13.3. The summed E-state index contributed by atoms with van der Waals surface area (Å²) in [5.74, 6) is 1.95. The number of ether oxygens (including phenoxy) is 1. The van der Waals surface area contributed by atoms with E-state index in [4.69, 9.17) is 16.3 Å². The molecule has 0 bridgehead atoms. The molecule has 0 aromatic carbocycles. The van der Waals surface area contributed by atoms with Gasteiger partial charge in [0.1, 0.15) is 0 Å². The van der Waals surface area contributed by atoms with Gasteiger partial charge < -0.3 is 10.1 Å². The molecule has 1 N–H and O–H groups in total. The van der Waals surface area contributed by atoms with Crippen LogP contribution in [-0.2, 0) is 0 Å². The lowest BCUT2D eigenvalue weighted by Gasteiger charge is -2.31. The zero-order valence-corrected chi connectivity index (χ0v) is 11.7. The van der Waals surface area contributed by atoms with Crippen molar-refractivity contribution in [3.05, 3.63) is 5.28 Å². The Morgan fingerprint density at radius 2 is 1.78 bits per heavy atom. The van der Waals surface area contributed by atoms with Crippen molar-refractivity contribution in [3.63, 3.8) is 0 Å². The maximum Gasteiger partial charge on any atom is 0.322 e. The van der Waals surface area contributed by atoms with Crippen molar-refractivity contribution in [2.45, 2.75) is 39.2 Å². The molecule has 18 heavy (non-hydrogen) atoms. The van der Waals surface area contributed by atoms with Crippen LogP contribution >= 0.6 is 11.6 Å². The minimum Gasteiger partial charge on any atom is -0.467 e. The molecule has 1 aromatic rings. The van der Waals surface area contributed by atoms with Gasteiger partial charge >= 0.3 is 6.01 Å². The van der Waals surface area contributed by atoms with Gasteiger partial charge in [0.15, 0.2) is 0 Å². The maximum atomic E-state index is 5.82. The number of hydrogen-bond donors (Lipinski definition) is 1. The molecule has 0 radical (unpaired) electrons. The Bertz CT molecular complexity index is 405. The smallest absolute Gasteiger partial charge is 0.322 e. The molecular formula is C12H19ClN4O. The van der Waals surface area contributed by atoms with Gasteiger partial charge in [-0.3, -0.25) is 0 Å². The molecule has 100 valence electrons. The number of rotatable bonds is 3. The molecule has 5 nitrogen and oxygen atoms in total. The predicted molar refractivity (Wildman–Crippen MR) is 71.0 cm³/mol. The molecule has 1 aromatic heterocycles. The SMILES string of the molecule is COc1nc(Cl)nc(NC2CC(C)CC(C)C2)n1. The van der Waals surface area contributed by atoms with Gasteiger partial charge in [-0.15, -0.1) is 0 Å².